The Morgan fingerprint density at radius 3 is 2.52 bits per heavy atom. The van der Waals surface area contributed by atoms with Gasteiger partial charge in [-0.3, -0.25) is 0 Å². The van der Waals surface area contributed by atoms with E-state index in [1.807, 2.05) is 25.2 Å². The summed E-state index contributed by atoms with van der Waals surface area (Å²) >= 11 is 6.14. The molecule has 0 radical (unpaired) electrons. The van der Waals surface area contributed by atoms with Gasteiger partial charge in [0.2, 0.25) is 0 Å². The first-order chi connectivity index (χ1) is 13.0. The summed E-state index contributed by atoms with van der Waals surface area (Å²) in [5.41, 5.74) is 1.22. The summed E-state index contributed by atoms with van der Waals surface area (Å²) in [7, 11) is 5.17. The highest BCUT2D eigenvalue weighted by molar-refractivity contribution is 6.32. The molecule has 3 aromatic rings. The van der Waals surface area contributed by atoms with Gasteiger partial charge in [0, 0.05) is 5.56 Å². The maximum Gasteiger partial charge on any atom is 0.373 e. The van der Waals surface area contributed by atoms with Gasteiger partial charge in [0.05, 0.1) is 32.0 Å². The number of halogens is 1. The van der Waals surface area contributed by atoms with Gasteiger partial charge in [-0.2, -0.15) is 4.68 Å². The molecule has 0 fully saturated rings. The number of methoxy groups -OCH3 is 2. The maximum absolute atomic E-state index is 12.6. The molecule has 27 heavy (non-hydrogen) atoms. The molecule has 0 aliphatic heterocycles. The normalized spacial score (nSPS) is 12.0. The average Bonchev–Trinajstić information content (AvgIpc) is 3.02. The summed E-state index contributed by atoms with van der Waals surface area (Å²) in [6.45, 7) is 1.03. The fraction of sp³-hybridized carbons (Fsp3) is 0.278. The molecule has 0 spiro atoms. The number of ether oxygens (including phenoxy) is 2. The van der Waals surface area contributed by atoms with E-state index in [4.69, 9.17) is 21.1 Å². The third kappa shape index (κ3) is 4.12. The van der Waals surface area contributed by atoms with Crippen molar-refractivity contribution < 1.29 is 14.4 Å². The van der Waals surface area contributed by atoms with Crippen LogP contribution in [-0.2, 0) is 13.2 Å². The molecule has 1 heterocycles. The molecule has 0 saturated heterocycles. The first kappa shape index (κ1) is 18.9. The van der Waals surface area contributed by atoms with Crippen molar-refractivity contribution in [3.05, 3.63) is 63.5 Å². The lowest BCUT2D eigenvalue weighted by Gasteiger charge is -2.14. The number of para-hydroxylation sites is 1. The van der Waals surface area contributed by atoms with E-state index in [-0.39, 0.29) is 5.69 Å². The Morgan fingerprint density at radius 2 is 1.81 bits per heavy atom. The van der Waals surface area contributed by atoms with Gasteiger partial charge < -0.3 is 14.4 Å². The molecule has 0 bridgehead atoms. The van der Waals surface area contributed by atoms with Crippen LogP contribution in [0.5, 0.6) is 11.5 Å². The Balaban J connectivity index is 1.75. The molecule has 0 aliphatic carbocycles. The number of hydrogen-bond acceptors (Lipinski definition) is 5. The fourth-order valence-corrected chi connectivity index (χ4v) is 3.01. The molecule has 1 N–H and O–H groups in total. The zero-order valence-electron chi connectivity index (χ0n) is 15.3. The van der Waals surface area contributed by atoms with Crippen molar-refractivity contribution in [1.29, 1.82) is 0 Å². The second-order valence-corrected chi connectivity index (χ2v) is 6.51. The van der Waals surface area contributed by atoms with E-state index in [2.05, 4.69) is 10.4 Å². The van der Waals surface area contributed by atoms with E-state index >= 15 is 0 Å². The van der Waals surface area contributed by atoms with Crippen LogP contribution in [0.15, 0.2) is 47.3 Å². The SMILES string of the molecule is COc1ccc(C[NH+](C)Cn2nnn(-c3ccccc3Cl)c2=O)cc1OC. The van der Waals surface area contributed by atoms with Crippen LogP contribution in [0.25, 0.3) is 5.69 Å². The smallest absolute Gasteiger partial charge is 0.373 e. The molecule has 1 atom stereocenters. The molecule has 0 aliphatic rings. The molecule has 142 valence electrons. The number of nitrogens with zero attached hydrogens (tertiary/aromatic N) is 4. The van der Waals surface area contributed by atoms with Gasteiger partial charge in [0.25, 0.3) is 0 Å². The molecule has 2 aromatic carbocycles. The fourth-order valence-electron chi connectivity index (χ4n) is 2.80. The minimum atomic E-state index is -0.338. The van der Waals surface area contributed by atoms with Gasteiger partial charge >= 0.3 is 5.69 Å². The van der Waals surface area contributed by atoms with Crippen LogP contribution in [0.4, 0.5) is 0 Å². The summed E-state index contributed by atoms with van der Waals surface area (Å²) in [6.07, 6.45) is 0. The molecule has 0 saturated carbocycles. The molecule has 8 nitrogen and oxygen atoms in total. The predicted molar refractivity (Wildman–Crippen MR) is 101 cm³/mol. The zero-order chi connectivity index (χ0) is 19.4. The van der Waals surface area contributed by atoms with Gasteiger partial charge in [-0.05, 0) is 40.8 Å². The average molecular weight is 391 g/mol. The lowest BCUT2D eigenvalue weighted by atomic mass is 10.2. The summed E-state index contributed by atoms with van der Waals surface area (Å²) in [5, 5.41) is 8.35. The number of quaternary nitrogens is 1. The van der Waals surface area contributed by atoms with E-state index < -0.39 is 0 Å². The minimum absolute atomic E-state index is 0.338. The number of nitrogens with one attached hydrogen (secondary N) is 1. The Morgan fingerprint density at radius 1 is 1.07 bits per heavy atom. The zero-order valence-corrected chi connectivity index (χ0v) is 16.1. The Hall–Kier alpha value is -2.84. The number of aromatic nitrogens is 4. The standard InChI is InChI=1S/C18H20ClN5O3/c1-22(11-13-8-9-16(26-2)17(10-13)27-3)12-23-18(25)24(21-20-23)15-7-5-4-6-14(15)19/h4-10H,11-12H2,1-3H3/p+1. The van der Waals surface area contributed by atoms with Crippen molar-refractivity contribution in [1.82, 2.24) is 19.8 Å². The largest absolute Gasteiger partial charge is 0.493 e. The van der Waals surface area contributed by atoms with Crippen molar-refractivity contribution in [2.45, 2.75) is 13.2 Å². The highest BCUT2D eigenvalue weighted by atomic mass is 35.5. The van der Waals surface area contributed by atoms with Crippen molar-refractivity contribution in [2.24, 2.45) is 0 Å². The van der Waals surface area contributed by atoms with E-state index in [1.165, 1.54) is 9.36 Å². The minimum Gasteiger partial charge on any atom is -0.493 e. The van der Waals surface area contributed by atoms with Crippen LogP contribution in [0.1, 0.15) is 5.56 Å². The first-order valence-electron chi connectivity index (χ1n) is 8.33. The van der Waals surface area contributed by atoms with E-state index in [1.54, 1.807) is 38.5 Å². The number of hydrogen-bond donors (Lipinski definition) is 1. The Labute approximate surface area is 161 Å². The Kier molecular flexibility index (Phi) is 5.78. The van der Waals surface area contributed by atoms with Gasteiger partial charge in [-0.1, -0.05) is 23.7 Å². The topological polar surface area (TPSA) is 75.6 Å². The maximum atomic E-state index is 12.6. The first-order valence-corrected chi connectivity index (χ1v) is 8.71. The molecule has 3 rings (SSSR count). The van der Waals surface area contributed by atoms with Gasteiger partial charge in [0.15, 0.2) is 18.2 Å². The lowest BCUT2D eigenvalue weighted by molar-refractivity contribution is -0.917. The number of rotatable bonds is 7. The third-order valence-electron chi connectivity index (χ3n) is 4.09. The number of benzene rings is 2. The summed E-state index contributed by atoms with van der Waals surface area (Å²) in [4.78, 5) is 13.6. The Bertz CT molecular complexity index is 985. The predicted octanol–water partition coefficient (Wildman–Crippen LogP) is 0.772. The van der Waals surface area contributed by atoms with E-state index in [0.29, 0.717) is 35.4 Å². The van der Waals surface area contributed by atoms with Crippen molar-refractivity contribution in [2.75, 3.05) is 21.3 Å². The van der Waals surface area contributed by atoms with Crippen molar-refractivity contribution in [3.8, 4) is 17.2 Å². The van der Waals surface area contributed by atoms with Crippen LogP contribution in [0, 0.1) is 0 Å². The monoisotopic (exact) mass is 390 g/mol. The molecule has 9 heteroatoms. The van der Waals surface area contributed by atoms with Gasteiger partial charge in [-0.15, -0.1) is 4.68 Å². The molecule has 1 unspecified atom stereocenters. The molecular weight excluding hydrogens is 370 g/mol. The second-order valence-electron chi connectivity index (χ2n) is 6.11. The van der Waals surface area contributed by atoms with Crippen molar-refractivity contribution >= 4 is 11.6 Å². The highest BCUT2D eigenvalue weighted by Crippen LogP contribution is 2.27. The second kappa shape index (κ2) is 8.24. The van der Waals surface area contributed by atoms with Crippen LogP contribution in [0.2, 0.25) is 5.02 Å². The molecular formula is C18H21ClN5O3+. The van der Waals surface area contributed by atoms with Gasteiger partial charge in [-0.25, -0.2) is 4.79 Å². The van der Waals surface area contributed by atoms with Crippen LogP contribution in [-0.4, -0.2) is 41.1 Å². The summed E-state index contributed by atoms with van der Waals surface area (Å²) < 4.78 is 13.1. The van der Waals surface area contributed by atoms with Crippen LogP contribution < -0.4 is 20.1 Å². The highest BCUT2D eigenvalue weighted by Gasteiger charge is 2.15. The van der Waals surface area contributed by atoms with Crippen LogP contribution >= 0.6 is 11.6 Å². The van der Waals surface area contributed by atoms with Crippen molar-refractivity contribution in [3.63, 3.8) is 0 Å². The van der Waals surface area contributed by atoms with E-state index in [0.717, 1.165) is 10.5 Å². The summed E-state index contributed by atoms with van der Waals surface area (Å²) in [5.74, 6) is 1.35. The van der Waals surface area contributed by atoms with E-state index in [9.17, 15) is 4.79 Å². The van der Waals surface area contributed by atoms with Crippen LogP contribution in [0.3, 0.4) is 0 Å². The summed E-state index contributed by atoms with van der Waals surface area (Å²) in [6, 6.07) is 12.8. The quantitative estimate of drug-likeness (QED) is 0.645. The number of tetrazole rings is 1. The lowest BCUT2D eigenvalue weighted by Crippen LogP contribution is -3.07. The third-order valence-corrected chi connectivity index (χ3v) is 4.41. The molecule has 1 aromatic heterocycles. The molecule has 0 amide bonds. The van der Waals surface area contributed by atoms with Gasteiger partial charge in [0.1, 0.15) is 6.54 Å².